The third-order valence-corrected chi connectivity index (χ3v) is 6.34. The van der Waals surface area contributed by atoms with Gasteiger partial charge in [-0.05, 0) is 68.9 Å². The van der Waals surface area contributed by atoms with Crippen molar-refractivity contribution in [2.75, 3.05) is 13.1 Å². The van der Waals surface area contributed by atoms with E-state index in [1.165, 1.54) is 58.0 Å². The van der Waals surface area contributed by atoms with Gasteiger partial charge in [-0.3, -0.25) is 4.90 Å². The van der Waals surface area contributed by atoms with Gasteiger partial charge in [-0.1, -0.05) is 26.7 Å². The monoisotopic (exact) mass is 265 g/mol. The van der Waals surface area contributed by atoms with Crippen molar-refractivity contribution in [3.05, 3.63) is 0 Å². The summed E-state index contributed by atoms with van der Waals surface area (Å²) in [7, 11) is 0. The van der Waals surface area contributed by atoms with E-state index in [9.17, 15) is 5.11 Å². The second kappa shape index (κ2) is 5.37. The van der Waals surface area contributed by atoms with Crippen LogP contribution < -0.4 is 0 Å². The summed E-state index contributed by atoms with van der Waals surface area (Å²) in [5, 5.41) is 10.5. The molecule has 0 bridgehead atoms. The Hall–Kier alpha value is -0.0800. The first-order chi connectivity index (χ1) is 9.10. The fourth-order valence-corrected chi connectivity index (χ4v) is 5.33. The molecule has 0 amide bonds. The molecule has 0 aromatic rings. The van der Waals surface area contributed by atoms with Crippen LogP contribution in [-0.4, -0.2) is 35.2 Å². The van der Waals surface area contributed by atoms with Gasteiger partial charge in [0.05, 0.1) is 6.10 Å². The molecule has 2 saturated carbocycles. The van der Waals surface area contributed by atoms with Gasteiger partial charge in [-0.15, -0.1) is 0 Å². The van der Waals surface area contributed by atoms with Crippen LogP contribution in [0.4, 0.5) is 0 Å². The van der Waals surface area contributed by atoms with Crippen LogP contribution in [0.25, 0.3) is 0 Å². The first-order valence-electron chi connectivity index (χ1n) is 8.52. The van der Waals surface area contributed by atoms with Crippen molar-refractivity contribution in [1.82, 2.24) is 4.90 Å². The average molecular weight is 265 g/mol. The molecule has 1 N–H and O–H groups in total. The second-order valence-electron chi connectivity index (χ2n) is 7.85. The Kier molecular flexibility index (Phi) is 3.92. The summed E-state index contributed by atoms with van der Waals surface area (Å²) in [4.78, 5) is 2.63. The highest BCUT2D eigenvalue weighted by molar-refractivity contribution is 4.95. The van der Waals surface area contributed by atoms with E-state index in [-0.39, 0.29) is 6.10 Å². The lowest BCUT2D eigenvalue weighted by molar-refractivity contribution is -0.0465. The molecule has 1 heterocycles. The van der Waals surface area contributed by atoms with Crippen molar-refractivity contribution in [3.63, 3.8) is 0 Å². The number of piperidine rings is 1. The minimum atomic E-state index is -0.0867. The Morgan fingerprint density at radius 3 is 2.16 bits per heavy atom. The zero-order valence-electron chi connectivity index (χ0n) is 12.8. The number of hydrogen-bond donors (Lipinski definition) is 1. The van der Waals surface area contributed by atoms with Gasteiger partial charge in [0.15, 0.2) is 0 Å². The molecule has 2 nitrogen and oxygen atoms in total. The SMILES string of the molecule is CC1CC(C)C(N2CCC3(CCCC3)CC2)C(O)C1. The van der Waals surface area contributed by atoms with Crippen LogP contribution >= 0.6 is 0 Å². The van der Waals surface area contributed by atoms with E-state index >= 15 is 0 Å². The lowest BCUT2D eigenvalue weighted by atomic mass is 9.73. The molecular formula is C17H31NO. The molecule has 3 fully saturated rings. The summed E-state index contributed by atoms with van der Waals surface area (Å²) < 4.78 is 0. The van der Waals surface area contributed by atoms with Gasteiger partial charge in [-0.2, -0.15) is 0 Å². The first kappa shape index (κ1) is 13.9. The van der Waals surface area contributed by atoms with Crippen LogP contribution in [-0.2, 0) is 0 Å². The highest BCUT2D eigenvalue weighted by atomic mass is 16.3. The van der Waals surface area contributed by atoms with E-state index in [1.807, 2.05) is 0 Å². The summed E-state index contributed by atoms with van der Waals surface area (Å²) in [5.74, 6) is 1.36. The highest BCUT2D eigenvalue weighted by Gasteiger charge is 2.42. The number of aliphatic hydroxyl groups is 1. The third-order valence-electron chi connectivity index (χ3n) is 6.34. The Bertz CT molecular complexity index is 288. The molecular weight excluding hydrogens is 234 g/mol. The van der Waals surface area contributed by atoms with Crippen molar-refractivity contribution >= 4 is 0 Å². The zero-order valence-corrected chi connectivity index (χ0v) is 12.8. The van der Waals surface area contributed by atoms with Crippen molar-refractivity contribution < 1.29 is 5.11 Å². The lowest BCUT2D eigenvalue weighted by Gasteiger charge is -2.48. The molecule has 4 unspecified atom stereocenters. The topological polar surface area (TPSA) is 23.5 Å². The van der Waals surface area contributed by atoms with E-state index in [4.69, 9.17) is 0 Å². The fourth-order valence-electron chi connectivity index (χ4n) is 5.33. The third kappa shape index (κ3) is 2.71. The fraction of sp³-hybridized carbons (Fsp3) is 1.00. The molecule has 2 heteroatoms. The Morgan fingerprint density at radius 1 is 0.947 bits per heavy atom. The lowest BCUT2D eigenvalue weighted by Crippen LogP contribution is -2.54. The van der Waals surface area contributed by atoms with Gasteiger partial charge >= 0.3 is 0 Å². The summed E-state index contributed by atoms with van der Waals surface area (Å²) in [6.45, 7) is 7.12. The predicted molar refractivity (Wildman–Crippen MR) is 79.1 cm³/mol. The van der Waals surface area contributed by atoms with Crippen molar-refractivity contribution in [1.29, 1.82) is 0 Å². The highest BCUT2D eigenvalue weighted by Crippen LogP contribution is 2.47. The Labute approximate surface area is 118 Å². The largest absolute Gasteiger partial charge is 0.391 e. The molecule has 19 heavy (non-hydrogen) atoms. The van der Waals surface area contributed by atoms with Crippen LogP contribution in [0.1, 0.15) is 65.2 Å². The normalized spacial score (nSPS) is 43.7. The van der Waals surface area contributed by atoms with Crippen LogP contribution in [0.2, 0.25) is 0 Å². The van der Waals surface area contributed by atoms with Gasteiger partial charge in [0.2, 0.25) is 0 Å². The van der Waals surface area contributed by atoms with Crippen LogP contribution in [0.3, 0.4) is 0 Å². The second-order valence-corrected chi connectivity index (χ2v) is 7.85. The van der Waals surface area contributed by atoms with Gasteiger partial charge in [0.1, 0.15) is 0 Å². The van der Waals surface area contributed by atoms with Gasteiger partial charge in [0.25, 0.3) is 0 Å². The molecule has 1 saturated heterocycles. The van der Waals surface area contributed by atoms with Crippen molar-refractivity contribution in [2.24, 2.45) is 17.3 Å². The average Bonchev–Trinajstić information content (AvgIpc) is 2.79. The first-order valence-corrected chi connectivity index (χ1v) is 8.52. The van der Waals surface area contributed by atoms with E-state index in [0.29, 0.717) is 23.3 Å². The van der Waals surface area contributed by atoms with Gasteiger partial charge in [0, 0.05) is 6.04 Å². The van der Waals surface area contributed by atoms with Crippen LogP contribution in [0.5, 0.6) is 0 Å². The molecule has 1 aliphatic heterocycles. The van der Waals surface area contributed by atoms with Gasteiger partial charge < -0.3 is 5.11 Å². The van der Waals surface area contributed by atoms with Crippen LogP contribution in [0.15, 0.2) is 0 Å². The summed E-state index contributed by atoms with van der Waals surface area (Å²) >= 11 is 0. The Morgan fingerprint density at radius 2 is 1.58 bits per heavy atom. The molecule has 4 atom stereocenters. The quantitative estimate of drug-likeness (QED) is 0.785. The smallest absolute Gasteiger partial charge is 0.0700 e. The van der Waals surface area contributed by atoms with Crippen LogP contribution in [0, 0.1) is 17.3 Å². The minimum absolute atomic E-state index is 0.0867. The van der Waals surface area contributed by atoms with E-state index < -0.39 is 0 Å². The summed E-state index contributed by atoms with van der Waals surface area (Å²) in [6, 6.07) is 0.440. The van der Waals surface area contributed by atoms with Crippen molar-refractivity contribution in [2.45, 2.75) is 77.4 Å². The van der Waals surface area contributed by atoms with Crippen molar-refractivity contribution in [3.8, 4) is 0 Å². The zero-order chi connectivity index (χ0) is 13.5. The molecule has 0 radical (unpaired) electrons. The maximum Gasteiger partial charge on any atom is 0.0700 e. The maximum absolute atomic E-state index is 10.5. The molecule has 0 aromatic carbocycles. The minimum Gasteiger partial charge on any atom is -0.391 e. The summed E-state index contributed by atoms with van der Waals surface area (Å²) in [5.41, 5.74) is 0.701. The van der Waals surface area contributed by atoms with E-state index in [2.05, 4.69) is 18.7 Å². The molecule has 0 aromatic heterocycles. The molecule has 2 aliphatic carbocycles. The number of hydrogen-bond acceptors (Lipinski definition) is 2. The number of nitrogens with zero attached hydrogens (tertiary/aromatic N) is 1. The number of likely N-dealkylation sites (tertiary alicyclic amines) is 1. The number of rotatable bonds is 1. The number of aliphatic hydroxyl groups excluding tert-OH is 1. The summed E-state index contributed by atoms with van der Waals surface area (Å²) in [6.07, 6.45) is 10.9. The Balaban J connectivity index is 1.61. The van der Waals surface area contributed by atoms with E-state index in [0.717, 1.165) is 6.42 Å². The standard InChI is InChI=1S/C17H31NO/c1-13-11-14(2)16(15(19)12-13)18-9-7-17(8-10-18)5-3-4-6-17/h13-16,19H,3-12H2,1-2H3. The molecule has 3 aliphatic rings. The van der Waals surface area contributed by atoms with Gasteiger partial charge in [-0.25, -0.2) is 0 Å². The predicted octanol–water partition coefficient (Wildman–Crippen LogP) is 3.44. The molecule has 3 rings (SSSR count). The van der Waals surface area contributed by atoms with E-state index in [1.54, 1.807) is 0 Å². The molecule has 110 valence electrons. The molecule has 1 spiro atoms. The maximum atomic E-state index is 10.5.